The first-order chi connectivity index (χ1) is 13.1. The molecule has 1 aliphatic heterocycles. The SMILES string of the molecule is Nc1ccnc2c1ncn2[C@@H]1O[C@H](CO)C(O)[C@@H]1NC(=O)c1cccnc1. The number of nitrogens with zero attached hydrogens (tertiary/aromatic N) is 4. The van der Waals surface area contributed by atoms with E-state index in [2.05, 4.69) is 20.3 Å². The zero-order valence-corrected chi connectivity index (χ0v) is 14.1. The van der Waals surface area contributed by atoms with Crippen LogP contribution in [0.1, 0.15) is 16.6 Å². The van der Waals surface area contributed by atoms with Gasteiger partial charge in [-0.2, -0.15) is 0 Å². The summed E-state index contributed by atoms with van der Waals surface area (Å²) in [7, 11) is 0. The van der Waals surface area contributed by atoms with Crippen molar-refractivity contribution < 1.29 is 19.7 Å². The van der Waals surface area contributed by atoms with Crippen LogP contribution in [0.5, 0.6) is 0 Å². The standard InChI is InChI=1S/C17H18N6O4/c18-10-3-5-20-15-12(10)21-8-23(15)17-13(14(25)11(7-24)27-17)22-16(26)9-2-1-4-19-6-9/h1-6,8,11,13-14,17,24-25H,7H2,(H2,18,20)(H,22,26)/t11-,13+,14?,17-/m1/s1. The van der Waals surface area contributed by atoms with Crippen LogP contribution in [0.3, 0.4) is 0 Å². The van der Waals surface area contributed by atoms with Gasteiger partial charge in [-0.05, 0) is 18.2 Å². The molecule has 10 nitrogen and oxygen atoms in total. The Morgan fingerprint density at radius 1 is 1.33 bits per heavy atom. The number of nitrogens with one attached hydrogen (secondary N) is 1. The molecule has 0 aliphatic carbocycles. The Morgan fingerprint density at radius 3 is 2.93 bits per heavy atom. The van der Waals surface area contributed by atoms with Crippen molar-refractivity contribution in [3.05, 3.63) is 48.7 Å². The topological polar surface area (TPSA) is 148 Å². The number of hydrogen-bond donors (Lipinski definition) is 4. The van der Waals surface area contributed by atoms with E-state index in [0.29, 0.717) is 22.4 Å². The summed E-state index contributed by atoms with van der Waals surface area (Å²) in [6.07, 6.45) is 3.18. The Hall–Kier alpha value is -3.08. The quantitative estimate of drug-likeness (QED) is 0.478. The fourth-order valence-corrected chi connectivity index (χ4v) is 3.16. The lowest BCUT2D eigenvalue weighted by Crippen LogP contribution is -2.46. The average molecular weight is 370 g/mol. The van der Waals surface area contributed by atoms with Crippen molar-refractivity contribution in [3.8, 4) is 0 Å². The predicted molar refractivity (Wildman–Crippen MR) is 94.4 cm³/mol. The Labute approximate surface area is 153 Å². The van der Waals surface area contributed by atoms with Crippen LogP contribution in [0.2, 0.25) is 0 Å². The molecule has 0 aromatic carbocycles. The van der Waals surface area contributed by atoms with E-state index < -0.39 is 37.0 Å². The highest BCUT2D eigenvalue weighted by molar-refractivity contribution is 5.94. The molecule has 10 heteroatoms. The third-order valence-electron chi connectivity index (χ3n) is 4.54. The number of aliphatic hydroxyl groups excluding tert-OH is 2. The van der Waals surface area contributed by atoms with Gasteiger partial charge in [0.15, 0.2) is 11.9 Å². The number of anilines is 1. The predicted octanol–water partition coefficient (Wildman–Crippen LogP) is -0.542. The molecule has 0 radical (unpaired) electrons. The number of amides is 1. The van der Waals surface area contributed by atoms with Crippen LogP contribution in [0, 0.1) is 0 Å². The molecule has 140 valence electrons. The van der Waals surface area contributed by atoms with Crippen molar-refractivity contribution >= 4 is 22.8 Å². The first kappa shape index (κ1) is 17.3. The molecule has 1 amide bonds. The van der Waals surface area contributed by atoms with Crippen LogP contribution < -0.4 is 11.1 Å². The number of aliphatic hydroxyl groups is 2. The van der Waals surface area contributed by atoms with Gasteiger partial charge < -0.3 is 26.0 Å². The van der Waals surface area contributed by atoms with E-state index >= 15 is 0 Å². The number of aromatic nitrogens is 4. The highest BCUT2D eigenvalue weighted by atomic mass is 16.5. The van der Waals surface area contributed by atoms with E-state index in [9.17, 15) is 15.0 Å². The Bertz CT molecular complexity index is 962. The van der Waals surface area contributed by atoms with Crippen molar-refractivity contribution in [1.29, 1.82) is 0 Å². The molecule has 0 bridgehead atoms. The minimum absolute atomic E-state index is 0.341. The summed E-state index contributed by atoms with van der Waals surface area (Å²) in [5.74, 6) is -0.420. The molecule has 1 saturated heterocycles. The molecule has 4 rings (SSSR count). The molecular formula is C17H18N6O4. The molecular weight excluding hydrogens is 352 g/mol. The summed E-state index contributed by atoms with van der Waals surface area (Å²) >= 11 is 0. The molecule has 1 aliphatic rings. The van der Waals surface area contributed by atoms with E-state index in [0.717, 1.165) is 0 Å². The zero-order chi connectivity index (χ0) is 19.0. The smallest absolute Gasteiger partial charge is 0.253 e. The highest BCUT2D eigenvalue weighted by Gasteiger charge is 2.45. The number of fused-ring (bicyclic) bond motifs is 1. The van der Waals surface area contributed by atoms with Crippen molar-refractivity contribution in [3.63, 3.8) is 0 Å². The average Bonchev–Trinajstić information content (AvgIpc) is 3.25. The Morgan fingerprint density at radius 2 is 2.19 bits per heavy atom. The Kier molecular flexibility index (Phi) is 4.44. The summed E-state index contributed by atoms with van der Waals surface area (Å²) < 4.78 is 7.36. The lowest BCUT2D eigenvalue weighted by molar-refractivity contribution is -0.0440. The summed E-state index contributed by atoms with van der Waals surface area (Å²) in [5, 5.41) is 22.8. The number of hydrogen-bond acceptors (Lipinski definition) is 8. The number of nitrogens with two attached hydrogens (primary N) is 1. The molecule has 0 spiro atoms. The van der Waals surface area contributed by atoms with Crippen molar-refractivity contribution in [2.45, 2.75) is 24.5 Å². The summed E-state index contributed by atoms with van der Waals surface area (Å²) in [4.78, 5) is 25.0. The van der Waals surface area contributed by atoms with E-state index in [1.54, 1.807) is 29.0 Å². The number of carbonyl (C=O) groups is 1. The molecule has 1 unspecified atom stereocenters. The summed E-state index contributed by atoms with van der Waals surface area (Å²) in [6, 6.07) is 4.04. The highest BCUT2D eigenvalue weighted by Crippen LogP contribution is 2.32. The van der Waals surface area contributed by atoms with Crippen LogP contribution >= 0.6 is 0 Å². The zero-order valence-electron chi connectivity index (χ0n) is 14.1. The monoisotopic (exact) mass is 370 g/mol. The second-order valence-corrected chi connectivity index (χ2v) is 6.20. The van der Waals surface area contributed by atoms with Crippen molar-refractivity contribution in [2.75, 3.05) is 12.3 Å². The number of imidazole rings is 1. The van der Waals surface area contributed by atoms with Crippen LogP contribution in [-0.4, -0.2) is 60.5 Å². The van der Waals surface area contributed by atoms with E-state index in [1.165, 1.54) is 18.7 Å². The maximum Gasteiger partial charge on any atom is 0.253 e. The van der Waals surface area contributed by atoms with E-state index in [1.807, 2.05) is 0 Å². The fourth-order valence-electron chi connectivity index (χ4n) is 3.16. The lowest BCUT2D eigenvalue weighted by atomic mass is 10.1. The van der Waals surface area contributed by atoms with Crippen LogP contribution in [-0.2, 0) is 4.74 Å². The third-order valence-corrected chi connectivity index (χ3v) is 4.54. The van der Waals surface area contributed by atoms with E-state index in [4.69, 9.17) is 10.5 Å². The van der Waals surface area contributed by atoms with Crippen molar-refractivity contribution in [2.24, 2.45) is 0 Å². The molecule has 3 aromatic rings. The fraction of sp³-hybridized carbons (Fsp3) is 0.294. The lowest BCUT2D eigenvalue weighted by Gasteiger charge is -2.22. The second-order valence-electron chi connectivity index (χ2n) is 6.20. The number of ether oxygens (including phenoxy) is 1. The minimum Gasteiger partial charge on any atom is -0.397 e. The van der Waals surface area contributed by atoms with Gasteiger partial charge in [0.05, 0.1) is 24.2 Å². The number of nitrogen functional groups attached to an aromatic ring is 1. The van der Waals surface area contributed by atoms with Gasteiger partial charge in [-0.15, -0.1) is 0 Å². The van der Waals surface area contributed by atoms with Gasteiger partial charge in [-0.1, -0.05) is 0 Å². The van der Waals surface area contributed by atoms with Gasteiger partial charge in [0.1, 0.15) is 23.8 Å². The Balaban J connectivity index is 1.69. The molecule has 5 N–H and O–H groups in total. The van der Waals surface area contributed by atoms with Gasteiger partial charge in [0.25, 0.3) is 5.91 Å². The van der Waals surface area contributed by atoms with Crippen LogP contribution in [0.25, 0.3) is 11.2 Å². The summed E-state index contributed by atoms with van der Waals surface area (Å²) in [6.45, 7) is -0.404. The first-order valence-corrected chi connectivity index (χ1v) is 8.32. The number of carbonyl (C=O) groups excluding carboxylic acids is 1. The largest absolute Gasteiger partial charge is 0.397 e. The van der Waals surface area contributed by atoms with Gasteiger partial charge in [-0.25, -0.2) is 9.97 Å². The molecule has 1 fully saturated rings. The number of rotatable bonds is 4. The first-order valence-electron chi connectivity index (χ1n) is 8.32. The van der Waals surface area contributed by atoms with Crippen molar-refractivity contribution in [1.82, 2.24) is 24.8 Å². The minimum atomic E-state index is -1.13. The molecule has 4 heterocycles. The van der Waals surface area contributed by atoms with Crippen LogP contribution in [0.15, 0.2) is 43.1 Å². The van der Waals surface area contributed by atoms with Gasteiger partial charge in [0, 0.05) is 18.6 Å². The van der Waals surface area contributed by atoms with Gasteiger partial charge in [0.2, 0.25) is 0 Å². The third kappa shape index (κ3) is 2.99. The number of pyridine rings is 2. The molecule has 4 atom stereocenters. The molecule has 3 aromatic heterocycles. The van der Waals surface area contributed by atoms with E-state index in [-0.39, 0.29) is 0 Å². The maximum absolute atomic E-state index is 12.5. The normalized spacial score (nSPS) is 25.0. The second kappa shape index (κ2) is 6.91. The maximum atomic E-state index is 12.5. The molecule has 27 heavy (non-hydrogen) atoms. The van der Waals surface area contributed by atoms with Gasteiger partial charge in [-0.3, -0.25) is 14.3 Å². The van der Waals surface area contributed by atoms with Crippen LogP contribution in [0.4, 0.5) is 5.69 Å². The van der Waals surface area contributed by atoms with Gasteiger partial charge >= 0.3 is 0 Å². The summed E-state index contributed by atoms with van der Waals surface area (Å²) in [5.41, 5.74) is 7.65. The molecule has 0 saturated carbocycles.